The third-order valence-electron chi connectivity index (χ3n) is 5.55. The fourth-order valence-electron chi connectivity index (χ4n) is 3.25. The number of nitrogens with one attached hydrogen (secondary N) is 2. The maximum absolute atomic E-state index is 12.5. The minimum absolute atomic E-state index is 0.0790. The molecule has 3 rings (SSSR count). The summed E-state index contributed by atoms with van der Waals surface area (Å²) < 4.78 is 10.6. The van der Waals surface area contributed by atoms with E-state index >= 15 is 0 Å². The van der Waals surface area contributed by atoms with Crippen molar-refractivity contribution in [1.82, 2.24) is 20.3 Å². The molecule has 0 aliphatic carbocycles. The lowest BCUT2D eigenvalue weighted by atomic mass is 9.82. The van der Waals surface area contributed by atoms with E-state index in [1.165, 1.54) is 19.4 Å². The zero-order valence-electron chi connectivity index (χ0n) is 19.2. The van der Waals surface area contributed by atoms with Crippen LogP contribution in [0.15, 0.2) is 42.5 Å². The van der Waals surface area contributed by atoms with Crippen molar-refractivity contribution in [2.75, 3.05) is 25.6 Å². The Balaban J connectivity index is 1.70. The summed E-state index contributed by atoms with van der Waals surface area (Å²) in [5, 5.41) is 6.75. The van der Waals surface area contributed by atoms with E-state index in [4.69, 9.17) is 32.7 Å². The molecule has 2 aromatic heterocycles. The molecule has 1 aliphatic heterocycles. The van der Waals surface area contributed by atoms with Crippen molar-refractivity contribution in [1.29, 1.82) is 0 Å². The minimum Gasteiger partial charge on any atom is -0.441 e. The molecule has 0 spiro atoms. The smallest absolute Gasteiger partial charge is 0.413 e. The van der Waals surface area contributed by atoms with Crippen LogP contribution in [0.5, 0.6) is 0 Å². The van der Waals surface area contributed by atoms with Crippen LogP contribution in [0.1, 0.15) is 37.6 Å². The van der Waals surface area contributed by atoms with E-state index in [1.54, 1.807) is 31.2 Å². The second-order valence-electron chi connectivity index (χ2n) is 7.94. The Kier molecular flexibility index (Phi) is 7.92. The average Bonchev–Trinajstić information content (AvgIpc) is 2.77. The Labute approximate surface area is 202 Å². The molecule has 1 saturated heterocycles. The highest BCUT2D eigenvalue weighted by Crippen LogP contribution is 2.32. The molecule has 1 fully saturated rings. The van der Waals surface area contributed by atoms with Gasteiger partial charge in [-0.1, -0.05) is 24.6 Å². The van der Waals surface area contributed by atoms with E-state index in [0.717, 1.165) is 5.01 Å². The minimum atomic E-state index is -0.792. The summed E-state index contributed by atoms with van der Waals surface area (Å²) in [6.07, 6.45) is 2.23. The van der Waals surface area contributed by atoms with Crippen molar-refractivity contribution in [3.8, 4) is 0 Å². The molecule has 0 bridgehead atoms. The van der Waals surface area contributed by atoms with Crippen molar-refractivity contribution >= 4 is 35.0 Å². The summed E-state index contributed by atoms with van der Waals surface area (Å²) in [6, 6.07) is 6.66. The Bertz CT molecular complexity index is 1070. The number of amides is 2. The van der Waals surface area contributed by atoms with Gasteiger partial charge in [-0.15, -0.1) is 0 Å². The number of halogens is 1. The first-order valence-corrected chi connectivity index (χ1v) is 11.0. The zero-order chi connectivity index (χ0) is 24.9. The first-order chi connectivity index (χ1) is 16.2. The number of pyridine rings is 2. The van der Waals surface area contributed by atoms with Gasteiger partial charge in [-0.25, -0.2) is 15.6 Å². The topological polar surface area (TPSA) is 158 Å². The van der Waals surface area contributed by atoms with Crippen LogP contribution < -0.4 is 22.2 Å². The van der Waals surface area contributed by atoms with Crippen molar-refractivity contribution in [2.45, 2.75) is 26.4 Å². The van der Waals surface area contributed by atoms with Crippen molar-refractivity contribution in [3.05, 3.63) is 58.9 Å². The molecule has 12 heteroatoms. The second kappa shape index (κ2) is 10.7. The lowest BCUT2D eigenvalue weighted by Gasteiger charge is -2.38. The molecule has 0 aromatic carbocycles. The predicted octanol–water partition coefficient (Wildman–Crippen LogP) is 2.37. The molecule has 0 radical (unpaired) electrons. The van der Waals surface area contributed by atoms with Crippen LogP contribution in [0.4, 0.5) is 10.5 Å². The molecule has 182 valence electrons. The van der Waals surface area contributed by atoms with E-state index in [2.05, 4.69) is 20.6 Å². The third-order valence-corrected chi connectivity index (χ3v) is 5.87. The van der Waals surface area contributed by atoms with Crippen molar-refractivity contribution in [2.24, 2.45) is 17.0 Å². The number of hydrogen-bond acceptors (Lipinski definition) is 9. The van der Waals surface area contributed by atoms with Gasteiger partial charge in [0.2, 0.25) is 5.91 Å². The van der Waals surface area contributed by atoms with Crippen molar-refractivity contribution in [3.63, 3.8) is 0 Å². The standard InChI is InChI=1S/C22H28ClN7O4/c1-4-22(11-33-12-22)20(31)28-14-7-8-16(27-10-14)17(24)19(30(3)25)29-21(32)34-13(2)15-6-5-9-26-18(15)23/h5-10,13H,4,11-12,24-25H2,1-3H3,(H,28,31)(H,29,32)/b19-17-/t13-/m1/s1. The Morgan fingerprint density at radius 1 is 1.32 bits per heavy atom. The monoisotopic (exact) mass is 489 g/mol. The van der Waals surface area contributed by atoms with Gasteiger partial charge in [-0.3, -0.25) is 20.1 Å². The lowest BCUT2D eigenvalue weighted by Crippen LogP contribution is -2.51. The molecule has 34 heavy (non-hydrogen) atoms. The molecule has 6 N–H and O–H groups in total. The number of hydrogen-bond donors (Lipinski definition) is 4. The van der Waals surface area contributed by atoms with Crippen LogP contribution in [0.3, 0.4) is 0 Å². The molecule has 11 nitrogen and oxygen atoms in total. The highest BCUT2D eigenvalue weighted by Gasteiger charge is 2.44. The van der Waals surface area contributed by atoms with Gasteiger partial charge < -0.3 is 20.5 Å². The molecular formula is C22H28ClN7O4. The van der Waals surface area contributed by atoms with E-state index in [0.29, 0.717) is 36.6 Å². The number of rotatable bonds is 8. The Morgan fingerprint density at radius 2 is 2.06 bits per heavy atom. The lowest BCUT2D eigenvalue weighted by molar-refractivity contribution is -0.156. The van der Waals surface area contributed by atoms with Gasteiger partial charge in [0, 0.05) is 18.8 Å². The van der Waals surface area contributed by atoms with E-state index in [1.807, 2.05) is 6.92 Å². The van der Waals surface area contributed by atoms with Gasteiger partial charge in [0.05, 0.1) is 36.2 Å². The SMILES string of the molecule is CCC1(C(=O)Nc2ccc(/C(N)=C(\NC(=O)O[C@H](C)c3cccnc3Cl)N(C)N)nc2)COC1. The van der Waals surface area contributed by atoms with Crippen LogP contribution in [-0.2, 0) is 14.3 Å². The number of aromatic nitrogens is 2. The van der Waals surface area contributed by atoms with Gasteiger partial charge in [0.1, 0.15) is 17.0 Å². The van der Waals surface area contributed by atoms with Crippen LogP contribution in [0, 0.1) is 5.41 Å². The van der Waals surface area contributed by atoms with Gasteiger partial charge in [-0.05, 0) is 31.5 Å². The number of carbonyl (C=O) groups excluding carboxylic acids is 2. The molecule has 0 saturated carbocycles. The molecule has 2 aromatic rings. The molecular weight excluding hydrogens is 462 g/mol. The third kappa shape index (κ3) is 5.56. The first-order valence-electron chi connectivity index (χ1n) is 10.6. The Morgan fingerprint density at radius 3 is 2.59 bits per heavy atom. The van der Waals surface area contributed by atoms with Gasteiger partial charge in [-0.2, -0.15) is 0 Å². The molecule has 2 amide bonds. The summed E-state index contributed by atoms with van der Waals surface area (Å²) in [5.41, 5.74) is 7.22. The normalized spacial score (nSPS) is 15.9. The molecule has 1 atom stereocenters. The van der Waals surface area contributed by atoms with Gasteiger partial charge in [0.25, 0.3) is 0 Å². The van der Waals surface area contributed by atoms with Gasteiger partial charge in [0.15, 0.2) is 5.82 Å². The molecule has 0 unspecified atom stereocenters. The van der Waals surface area contributed by atoms with Gasteiger partial charge >= 0.3 is 6.09 Å². The fourth-order valence-corrected chi connectivity index (χ4v) is 3.53. The predicted molar refractivity (Wildman–Crippen MR) is 127 cm³/mol. The van der Waals surface area contributed by atoms with Crippen LogP contribution in [0.25, 0.3) is 5.70 Å². The number of nitrogens with zero attached hydrogens (tertiary/aromatic N) is 3. The molecule has 3 heterocycles. The number of ether oxygens (including phenoxy) is 2. The number of anilines is 1. The number of carbonyl (C=O) groups is 2. The Hall–Kier alpha value is -3.41. The summed E-state index contributed by atoms with van der Waals surface area (Å²) in [5.74, 6) is 5.83. The first kappa shape index (κ1) is 25.2. The average molecular weight is 490 g/mol. The highest BCUT2D eigenvalue weighted by atomic mass is 35.5. The molecule has 1 aliphatic rings. The van der Waals surface area contributed by atoms with Crippen LogP contribution in [-0.4, -0.2) is 47.2 Å². The van der Waals surface area contributed by atoms with Crippen molar-refractivity contribution < 1.29 is 19.1 Å². The number of nitrogens with two attached hydrogens (primary N) is 2. The maximum Gasteiger partial charge on any atom is 0.413 e. The fraction of sp³-hybridized carbons (Fsp3) is 0.364. The van der Waals surface area contributed by atoms with E-state index in [-0.39, 0.29) is 22.6 Å². The summed E-state index contributed by atoms with van der Waals surface area (Å²) in [4.78, 5) is 33.3. The van der Waals surface area contributed by atoms with Crippen LogP contribution >= 0.6 is 11.6 Å². The van der Waals surface area contributed by atoms with E-state index in [9.17, 15) is 9.59 Å². The maximum atomic E-state index is 12.5. The highest BCUT2D eigenvalue weighted by molar-refractivity contribution is 6.30. The summed E-state index contributed by atoms with van der Waals surface area (Å²) in [7, 11) is 1.50. The second-order valence-corrected chi connectivity index (χ2v) is 8.30. The summed E-state index contributed by atoms with van der Waals surface area (Å²) in [6.45, 7) is 4.41. The largest absolute Gasteiger partial charge is 0.441 e. The van der Waals surface area contributed by atoms with Crippen LogP contribution in [0.2, 0.25) is 5.15 Å². The number of hydrazine groups is 1. The quantitative estimate of drug-likeness (QED) is 0.248. The summed E-state index contributed by atoms with van der Waals surface area (Å²) >= 11 is 6.06. The zero-order valence-corrected chi connectivity index (χ0v) is 19.9. The van der Waals surface area contributed by atoms with E-state index < -0.39 is 17.6 Å². The number of alkyl carbamates (subject to hydrolysis) is 1.